The molecule has 0 saturated heterocycles. The van der Waals surface area contributed by atoms with Gasteiger partial charge >= 0.3 is 0 Å². The highest BCUT2D eigenvalue weighted by Gasteiger charge is 2.03. The molecule has 0 atom stereocenters. The van der Waals surface area contributed by atoms with Crippen molar-refractivity contribution in [2.24, 2.45) is 5.73 Å². The first-order valence-corrected chi connectivity index (χ1v) is 4.65. The molecule has 0 fully saturated rings. The van der Waals surface area contributed by atoms with Gasteiger partial charge in [-0.15, -0.1) is 0 Å². The molecule has 0 aliphatic rings. The predicted octanol–water partition coefficient (Wildman–Crippen LogP) is 0.781. The molecule has 6 heteroatoms. The molecule has 16 heavy (non-hydrogen) atoms. The molecular formula is C10H10N4O2. The highest BCUT2D eigenvalue weighted by molar-refractivity contribution is 5.91. The zero-order chi connectivity index (χ0) is 11.4. The number of primary amides is 1. The van der Waals surface area contributed by atoms with Crippen molar-refractivity contribution in [1.82, 2.24) is 10.1 Å². The molecule has 82 valence electrons. The Kier molecular flexibility index (Phi) is 2.81. The maximum absolute atomic E-state index is 10.9. The van der Waals surface area contributed by atoms with Gasteiger partial charge in [0.15, 0.2) is 5.76 Å². The van der Waals surface area contributed by atoms with Gasteiger partial charge in [-0.25, -0.2) is 0 Å². The van der Waals surface area contributed by atoms with E-state index in [1.54, 1.807) is 24.4 Å². The van der Waals surface area contributed by atoms with Crippen molar-refractivity contribution in [2.45, 2.75) is 6.54 Å². The number of carbonyl (C=O) groups excluding carboxylic acids is 1. The van der Waals surface area contributed by atoms with Crippen molar-refractivity contribution in [2.75, 3.05) is 5.32 Å². The Morgan fingerprint density at radius 3 is 3.00 bits per heavy atom. The summed E-state index contributed by atoms with van der Waals surface area (Å²) < 4.78 is 4.91. The van der Waals surface area contributed by atoms with E-state index in [-0.39, 0.29) is 5.69 Å². The number of carbonyl (C=O) groups is 1. The van der Waals surface area contributed by atoms with Crippen molar-refractivity contribution < 1.29 is 9.32 Å². The third kappa shape index (κ3) is 2.35. The summed E-state index contributed by atoms with van der Waals surface area (Å²) in [5.74, 6) is 0.153. The second kappa shape index (κ2) is 4.43. The number of rotatable bonds is 4. The molecule has 1 amide bonds. The Morgan fingerprint density at radius 2 is 2.31 bits per heavy atom. The van der Waals surface area contributed by atoms with E-state index in [0.29, 0.717) is 12.3 Å². The van der Waals surface area contributed by atoms with E-state index in [4.69, 9.17) is 10.3 Å². The lowest BCUT2D eigenvalue weighted by molar-refractivity contribution is 0.0995. The van der Waals surface area contributed by atoms with Crippen LogP contribution in [0.25, 0.3) is 0 Å². The number of anilines is 1. The van der Waals surface area contributed by atoms with E-state index >= 15 is 0 Å². The molecule has 0 aromatic carbocycles. The Labute approximate surface area is 91.5 Å². The van der Waals surface area contributed by atoms with Gasteiger partial charge < -0.3 is 15.6 Å². The van der Waals surface area contributed by atoms with Crippen molar-refractivity contribution >= 4 is 11.6 Å². The fourth-order valence-corrected chi connectivity index (χ4v) is 1.20. The van der Waals surface area contributed by atoms with E-state index < -0.39 is 5.91 Å². The Morgan fingerprint density at radius 1 is 1.44 bits per heavy atom. The van der Waals surface area contributed by atoms with Gasteiger partial charge in [0, 0.05) is 18.0 Å². The summed E-state index contributed by atoms with van der Waals surface area (Å²) in [6.45, 7) is 0.488. The van der Waals surface area contributed by atoms with Gasteiger partial charge in [0.05, 0.1) is 12.7 Å². The van der Waals surface area contributed by atoms with Gasteiger partial charge in [0.1, 0.15) is 5.69 Å². The number of pyridine rings is 1. The number of hydrogen-bond acceptors (Lipinski definition) is 5. The van der Waals surface area contributed by atoms with Gasteiger partial charge in [-0.2, -0.15) is 0 Å². The third-order valence-corrected chi connectivity index (χ3v) is 1.97. The normalized spacial score (nSPS) is 10.0. The van der Waals surface area contributed by atoms with Crippen molar-refractivity contribution in [3.8, 4) is 0 Å². The molecule has 0 saturated carbocycles. The van der Waals surface area contributed by atoms with Crippen LogP contribution >= 0.6 is 0 Å². The number of amides is 1. The van der Waals surface area contributed by atoms with E-state index in [1.807, 2.05) is 0 Å². The smallest absolute Gasteiger partial charge is 0.267 e. The summed E-state index contributed by atoms with van der Waals surface area (Å²) in [6, 6.07) is 5.07. The second-order valence-corrected chi connectivity index (χ2v) is 3.13. The van der Waals surface area contributed by atoms with Gasteiger partial charge in [0.25, 0.3) is 5.91 Å². The SMILES string of the molecule is NC(=O)c1cc(NCc2ccno2)ccn1. The van der Waals surface area contributed by atoms with Crippen molar-refractivity contribution in [3.63, 3.8) is 0 Å². The van der Waals surface area contributed by atoms with Crippen molar-refractivity contribution in [1.29, 1.82) is 0 Å². The molecule has 2 rings (SSSR count). The lowest BCUT2D eigenvalue weighted by Crippen LogP contribution is -2.13. The largest absolute Gasteiger partial charge is 0.378 e. The minimum absolute atomic E-state index is 0.225. The zero-order valence-corrected chi connectivity index (χ0v) is 8.38. The molecule has 0 spiro atoms. The summed E-state index contributed by atoms with van der Waals surface area (Å²) in [5.41, 5.74) is 6.09. The molecule has 0 unspecified atom stereocenters. The van der Waals surface area contributed by atoms with Crippen LogP contribution < -0.4 is 11.1 Å². The predicted molar refractivity (Wildman–Crippen MR) is 56.6 cm³/mol. The van der Waals surface area contributed by atoms with Crippen LogP contribution in [0.3, 0.4) is 0 Å². The van der Waals surface area contributed by atoms with Gasteiger partial charge in [-0.1, -0.05) is 5.16 Å². The van der Waals surface area contributed by atoms with Crippen LogP contribution in [-0.2, 0) is 6.54 Å². The zero-order valence-electron chi connectivity index (χ0n) is 8.38. The van der Waals surface area contributed by atoms with E-state index in [1.165, 1.54) is 6.20 Å². The molecule has 0 bridgehead atoms. The highest BCUT2D eigenvalue weighted by Crippen LogP contribution is 2.09. The van der Waals surface area contributed by atoms with E-state index in [0.717, 1.165) is 5.69 Å². The van der Waals surface area contributed by atoms with Crippen LogP contribution in [0.4, 0.5) is 5.69 Å². The maximum Gasteiger partial charge on any atom is 0.267 e. The summed E-state index contributed by atoms with van der Waals surface area (Å²) >= 11 is 0. The molecular weight excluding hydrogens is 208 g/mol. The summed E-state index contributed by atoms with van der Waals surface area (Å²) in [5, 5.41) is 6.64. The minimum Gasteiger partial charge on any atom is -0.378 e. The van der Waals surface area contributed by atoms with Crippen LogP contribution in [0, 0.1) is 0 Å². The second-order valence-electron chi connectivity index (χ2n) is 3.13. The first-order chi connectivity index (χ1) is 7.75. The molecule has 6 nitrogen and oxygen atoms in total. The number of nitrogens with zero attached hydrogens (tertiary/aromatic N) is 2. The van der Waals surface area contributed by atoms with Crippen LogP contribution in [0.1, 0.15) is 16.2 Å². The number of nitrogens with one attached hydrogen (secondary N) is 1. The van der Waals surface area contributed by atoms with Crippen molar-refractivity contribution in [3.05, 3.63) is 42.0 Å². The number of hydrogen-bond donors (Lipinski definition) is 2. The standard InChI is InChI=1S/C10H10N4O2/c11-10(15)9-5-7(1-3-12-9)13-6-8-2-4-14-16-8/h1-5H,6H2,(H2,11,15)(H,12,13). The summed E-state index contributed by atoms with van der Waals surface area (Å²) in [7, 11) is 0. The third-order valence-electron chi connectivity index (χ3n) is 1.97. The first kappa shape index (κ1) is 10.2. The minimum atomic E-state index is -0.552. The Balaban J connectivity index is 2.04. The Bertz CT molecular complexity index is 481. The van der Waals surface area contributed by atoms with Gasteiger partial charge in [-0.05, 0) is 12.1 Å². The van der Waals surface area contributed by atoms with E-state index in [2.05, 4.69) is 15.5 Å². The number of aromatic nitrogens is 2. The van der Waals surface area contributed by atoms with Gasteiger partial charge in [0.2, 0.25) is 0 Å². The molecule has 0 radical (unpaired) electrons. The molecule has 3 N–H and O–H groups in total. The Hall–Kier alpha value is -2.37. The average Bonchev–Trinajstić information content (AvgIpc) is 2.79. The van der Waals surface area contributed by atoms with Gasteiger partial charge in [-0.3, -0.25) is 9.78 Å². The van der Waals surface area contributed by atoms with E-state index in [9.17, 15) is 4.79 Å². The number of nitrogens with two attached hydrogens (primary N) is 1. The quantitative estimate of drug-likeness (QED) is 0.790. The topological polar surface area (TPSA) is 94.0 Å². The monoisotopic (exact) mass is 218 g/mol. The van der Waals surface area contributed by atoms with Crippen LogP contribution in [-0.4, -0.2) is 16.0 Å². The average molecular weight is 218 g/mol. The summed E-state index contributed by atoms with van der Waals surface area (Å²) in [4.78, 5) is 14.7. The maximum atomic E-state index is 10.9. The summed E-state index contributed by atoms with van der Waals surface area (Å²) in [6.07, 6.45) is 3.08. The highest BCUT2D eigenvalue weighted by atomic mass is 16.5. The molecule has 2 aromatic heterocycles. The molecule has 2 aromatic rings. The lowest BCUT2D eigenvalue weighted by Gasteiger charge is -2.04. The van der Waals surface area contributed by atoms with Crippen LogP contribution in [0.2, 0.25) is 0 Å². The lowest BCUT2D eigenvalue weighted by atomic mass is 10.3. The van der Waals surface area contributed by atoms with Crippen LogP contribution in [0.15, 0.2) is 35.1 Å². The fourth-order valence-electron chi connectivity index (χ4n) is 1.20. The molecule has 2 heterocycles. The fraction of sp³-hybridized carbons (Fsp3) is 0.100. The van der Waals surface area contributed by atoms with Crippen LogP contribution in [0.5, 0.6) is 0 Å². The first-order valence-electron chi connectivity index (χ1n) is 4.65. The molecule has 0 aliphatic carbocycles. The molecule has 0 aliphatic heterocycles.